The molecular formula is C17H20N2O4S2. The van der Waals surface area contributed by atoms with Crippen LogP contribution in [-0.2, 0) is 14.8 Å². The molecule has 0 radical (unpaired) electrons. The second-order valence-electron chi connectivity index (χ2n) is 6.09. The smallest absolute Gasteiger partial charge is 0.313 e. The Balaban J connectivity index is 2.04. The van der Waals surface area contributed by atoms with Gasteiger partial charge in [-0.1, -0.05) is 6.42 Å². The Bertz CT molecular complexity index is 906. The fourth-order valence-corrected chi connectivity index (χ4v) is 5.37. The fraction of sp³-hybridized carbons (Fsp3) is 0.412. The molecule has 0 unspecified atom stereocenters. The summed E-state index contributed by atoms with van der Waals surface area (Å²) in [4.78, 5) is 16.3. The van der Waals surface area contributed by atoms with E-state index < -0.39 is 16.0 Å². The standard InChI is InChI=1S/C17H20N2O4S2/c1-12-9-16(24-11-17(20)21)14-10-13(5-6-15(14)18-12)25(22,23)19-7-3-2-4-8-19/h5-6,9-10H,2-4,7-8,11H2,1H3,(H,20,21). The maximum Gasteiger partial charge on any atom is 0.313 e. The fourth-order valence-electron chi connectivity index (χ4n) is 2.97. The van der Waals surface area contributed by atoms with E-state index in [1.165, 1.54) is 16.1 Å². The van der Waals surface area contributed by atoms with E-state index in [1.54, 1.807) is 24.3 Å². The Hall–Kier alpha value is -1.64. The Morgan fingerprint density at radius 2 is 1.96 bits per heavy atom. The van der Waals surface area contributed by atoms with E-state index in [0.717, 1.165) is 29.9 Å². The number of pyridine rings is 1. The maximum atomic E-state index is 12.9. The molecule has 8 heteroatoms. The lowest BCUT2D eigenvalue weighted by atomic mass is 10.2. The topological polar surface area (TPSA) is 87.6 Å². The molecular weight excluding hydrogens is 360 g/mol. The summed E-state index contributed by atoms with van der Waals surface area (Å²) in [6, 6.07) is 6.71. The van der Waals surface area contributed by atoms with Gasteiger partial charge in [0.15, 0.2) is 0 Å². The molecule has 0 aliphatic carbocycles. The molecule has 1 aliphatic heterocycles. The third-order valence-corrected chi connectivity index (χ3v) is 7.11. The number of aromatic nitrogens is 1. The second-order valence-corrected chi connectivity index (χ2v) is 9.04. The lowest BCUT2D eigenvalue weighted by Crippen LogP contribution is -2.35. The first kappa shape index (κ1) is 18.2. The van der Waals surface area contributed by atoms with Crippen molar-refractivity contribution in [2.45, 2.75) is 36.0 Å². The highest BCUT2D eigenvalue weighted by Gasteiger charge is 2.26. The number of fused-ring (bicyclic) bond motifs is 1. The minimum absolute atomic E-state index is 0.0817. The Morgan fingerprint density at radius 3 is 2.64 bits per heavy atom. The van der Waals surface area contributed by atoms with Crippen molar-refractivity contribution >= 4 is 38.7 Å². The highest BCUT2D eigenvalue weighted by Crippen LogP contribution is 2.31. The van der Waals surface area contributed by atoms with Crippen molar-refractivity contribution in [2.24, 2.45) is 0 Å². The highest BCUT2D eigenvalue weighted by molar-refractivity contribution is 8.00. The van der Waals surface area contributed by atoms with Gasteiger partial charge in [-0.2, -0.15) is 4.31 Å². The molecule has 25 heavy (non-hydrogen) atoms. The summed E-state index contributed by atoms with van der Waals surface area (Å²) in [5.41, 5.74) is 1.44. The zero-order valence-electron chi connectivity index (χ0n) is 13.9. The molecule has 2 heterocycles. The van der Waals surface area contributed by atoms with Gasteiger partial charge in [0.1, 0.15) is 0 Å². The molecule has 1 aromatic heterocycles. The number of sulfonamides is 1. The van der Waals surface area contributed by atoms with Crippen LogP contribution in [0.3, 0.4) is 0 Å². The molecule has 0 saturated carbocycles. The Morgan fingerprint density at radius 1 is 1.24 bits per heavy atom. The van der Waals surface area contributed by atoms with Crippen molar-refractivity contribution < 1.29 is 18.3 Å². The molecule has 1 N–H and O–H groups in total. The van der Waals surface area contributed by atoms with Crippen LogP contribution in [0, 0.1) is 6.92 Å². The number of nitrogens with zero attached hydrogens (tertiary/aromatic N) is 2. The van der Waals surface area contributed by atoms with Crippen LogP contribution < -0.4 is 0 Å². The number of hydrogen-bond donors (Lipinski definition) is 1. The lowest BCUT2D eigenvalue weighted by Gasteiger charge is -2.26. The molecule has 2 aromatic rings. The molecule has 0 spiro atoms. The molecule has 1 aromatic carbocycles. The van der Waals surface area contributed by atoms with E-state index in [9.17, 15) is 13.2 Å². The second kappa shape index (κ2) is 7.31. The molecule has 1 fully saturated rings. The van der Waals surface area contributed by atoms with E-state index >= 15 is 0 Å². The van der Waals surface area contributed by atoms with Gasteiger partial charge in [-0.15, -0.1) is 11.8 Å². The van der Waals surface area contributed by atoms with Gasteiger partial charge in [0.25, 0.3) is 0 Å². The van der Waals surface area contributed by atoms with Crippen molar-refractivity contribution in [2.75, 3.05) is 18.8 Å². The van der Waals surface area contributed by atoms with Crippen LogP contribution in [0.1, 0.15) is 25.0 Å². The van der Waals surface area contributed by atoms with Gasteiger partial charge in [-0.05, 0) is 44.0 Å². The molecule has 3 rings (SSSR count). The number of hydrogen-bond acceptors (Lipinski definition) is 5. The number of carbonyl (C=O) groups is 1. The maximum absolute atomic E-state index is 12.9. The Kier molecular flexibility index (Phi) is 5.31. The monoisotopic (exact) mass is 380 g/mol. The van der Waals surface area contributed by atoms with Crippen molar-refractivity contribution in [1.82, 2.24) is 9.29 Å². The first-order chi connectivity index (χ1) is 11.9. The normalized spacial score (nSPS) is 16.2. The number of rotatable bonds is 5. The van der Waals surface area contributed by atoms with Gasteiger partial charge in [0.05, 0.1) is 16.2 Å². The largest absolute Gasteiger partial charge is 0.481 e. The quantitative estimate of drug-likeness (QED) is 0.803. The minimum atomic E-state index is -3.53. The average Bonchev–Trinajstić information content (AvgIpc) is 2.59. The molecule has 0 bridgehead atoms. The molecule has 0 atom stereocenters. The number of aliphatic carboxylic acids is 1. The number of benzene rings is 1. The van der Waals surface area contributed by atoms with Crippen LogP contribution in [0.5, 0.6) is 0 Å². The van der Waals surface area contributed by atoms with Gasteiger partial charge in [-0.25, -0.2) is 8.42 Å². The van der Waals surface area contributed by atoms with Crippen molar-refractivity contribution in [1.29, 1.82) is 0 Å². The predicted molar refractivity (Wildman–Crippen MR) is 97.4 cm³/mol. The van der Waals surface area contributed by atoms with Crippen molar-refractivity contribution in [3.05, 3.63) is 30.0 Å². The summed E-state index contributed by atoms with van der Waals surface area (Å²) in [7, 11) is -3.53. The van der Waals surface area contributed by atoms with Crippen LogP contribution >= 0.6 is 11.8 Å². The summed E-state index contributed by atoms with van der Waals surface area (Å²) in [5, 5.41) is 9.61. The van der Waals surface area contributed by atoms with E-state index in [1.807, 2.05) is 6.92 Å². The van der Waals surface area contributed by atoms with Crippen molar-refractivity contribution in [3.63, 3.8) is 0 Å². The summed E-state index contributed by atoms with van der Waals surface area (Å²) in [6.45, 7) is 2.93. The number of carboxylic acid groups (broad SMARTS) is 1. The van der Waals surface area contributed by atoms with Crippen LogP contribution in [0.2, 0.25) is 0 Å². The van der Waals surface area contributed by atoms with Crippen LogP contribution in [0.25, 0.3) is 10.9 Å². The molecule has 134 valence electrons. The van der Waals surface area contributed by atoms with E-state index in [-0.39, 0.29) is 10.6 Å². The van der Waals surface area contributed by atoms with Crippen LogP contribution in [0.4, 0.5) is 0 Å². The van der Waals surface area contributed by atoms with Gasteiger partial charge >= 0.3 is 5.97 Å². The van der Waals surface area contributed by atoms with Crippen molar-refractivity contribution in [3.8, 4) is 0 Å². The van der Waals surface area contributed by atoms with Crippen LogP contribution in [0.15, 0.2) is 34.1 Å². The lowest BCUT2D eigenvalue weighted by molar-refractivity contribution is -0.133. The number of carboxylic acids is 1. The highest BCUT2D eigenvalue weighted by atomic mass is 32.2. The first-order valence-corrected chi connectivity index (χ1v) is 10.6. The molecule has 1 aliphatic rings. The third-order valence-electron chi connectivity index (χ3n) is 4.17. The van der Waals surface area contributed by atoms with E-state index in [0.29, 0.717) is 24.0 Å². The van der Waals surface area contributed by atoms with Gasteiger partial charge in [0.2, 0.25) is 10.0 Å². The zero-order chi connectivity index (χ0) is 18.0. The average molecular weight is 380 g/mol. The number of thioether (sulfide) groups is 1. The summed E-state index contributed by atoms with van der Waals surface area (Å²) >= 11 is 1.18. The van der Waals surface area contributed by atoms with Gasteiger partial charge < -0.3 is 5.11 Å². The van der Waals surface area contributed by atoms with Gasteiger partial charge in [0, 0.05) is 29.1 Å². The summed E-state index contributed by atoms with van der Waals surface area (Å²) in [5.74, 6) is -0.994. The summed E-state index contributed by atoms with van der Waals surface area (Å²) in [6.07, 6.45) is 2.82. The SMILES string of the molecule is Cc1cc(SCC(=O)O)c2cc(S(=O)(=O)N3CCCCC3)ccc2n1. The predicted octanol–water partition coefficient (Wildman–Crippen LogP) is 2.89. The molecule has 0 amide bonds. The molecule has 1 saturated heterocycles. The zero-order valence-corrected chi connectivity index (χ0v) is 15.6. The molecule has 6 nitrogen and oxygen atoms in total. The number of aryl methyl sites for hydroxylation is 1. The van der Waals surface area contributed by atoms with E-state index in [4.69, 9.17) is 5.11 Å². The first-order valence-electron chi connectivity index (χ1n) is 8.14. The number of piperidine rings is 1. The summed E-state index contributed by atoms with van der Waals surface area (Å²) < 4.78 is 27.3. The van der Waals surface area contributed by atoms with Gasteiger partial charge in [-0.3, -0.25) is 9.78 Å². The third kappa shape index (κ3) is 3.96. The Labute approximate surface area is 151 Å². The van der Waals surface area contributed by atoms with Crippen LogP contribution in [-0.4, -0.2) is 47.6 Å². The van der Waals surface area contributed by atoms with E-state index in [2.05, 4.69) is 4.98 Å². The minimum Gasteiger partial charge on any atom is -0.481 e.